The lowest BCUT2D eigenvalue weighted by Crippen LogP contribution is -2.43. The highest BCUT2D eigenvalue weighted by atomic mass is 35.5. The van der Waals surface area contributed by atoms with Crippen molar-refractivity contribution in [1.29, 1.82) is 0 Å². The van der Waals surface area contributed by atoms with Gasteiger partial charge in [-0.25, -0.2) is 4.39 Å². The molecule has 0 spiro atoms. The predicted octanol–water partition coefficient (Wildman–Crippen LogP) is 5.30. The number of piperidine rings is 1. The molecule has 1 aliphatic heterocycles. The minimum atomic E-state index is -0.263. The van der Waals surface area contributed by atoms with Gasteiger partial charge in [0.05, 0.1) is 0 Å². The van der Waals surface area contributed by atoms with Crippen LogP contribution in [0.1, 0.15) is 30.4 Å². The fourth-order valence-electron chi connectivity index (χ4n) is 4.52. The molecule has 30 heavy (non-hydrogen) atoms. The van der Waals surface area contributed by atoms with E-state index < -0.39 is 0 Å². The van der Waals surface area contributed by atoms with Crippen molar-refractivity contribution in [2.75, 3.05) is 20.1 Å². The molecule has 1 amide bonds. The molecular formula is C25H26ClFN2O. The lowest BCUT2D eigenvalue weighted by atomic mass is 9.70. The minimum absolute atomic E-state index is 0.0882. The molecule has 0 bridgehead atoms. The van der Waals surface area contributed by atoms with E-state index in [0.29, 0.717) is 18.0 Å². The van der Waals surface area contributed by atoms with E-state index in [-0.39, 0.29) is 17.1 Å². The second-order valence-electron chi connectivity index (χ2n) is 8.25. The molecule has 3 aromatic rings. The molecule has 3 nitrogen and oxygen atoms in total. The lowest BCUT2D eigenvalue weighted by molar-refractivity contribution is -0.132. The first kappa shape index (κ1) is 20.8. The number of fused-ring (bicyclic) bond motifs is 1. The summed E-state index contributed by atoms with van der Waals surface area (Å²) in [4.78, 5) is 15.1. The Balaban J connectivity index is 1.57. The Bertz CT molecular complexity index is 1040. The Morgan fingerprint density at radius 1 is 1.10 bits per heavy atom. The molecule has 5 heteroatoms. The summed E-state index contributed by atoms with van der Waals surface area (Å²) in [6.45, 7) is 2.21. The highest BCUT2D eigenvalue weighted by molar-refractivity contribution is 6.31. The van der Waals surface area contributed by atoms with E-state index in [4.69, 9.17) is 11.6 Å². The molecule has 1 heterocycles. The maximum atomic E-state index is 13.5. The number of carbonyl (C=O) groups is 1. The Hall–Kier alpha value is -2.43. The van der Waals surface area contributed by atoms with Gasteiger partial charge in [-0.1, -0.05) is 48.0 Å². The molecule has 0 radical (unpaired) electrons. The molecule has 156 valence electrons. The van der Waals surface area contributed by atoms with Crippen molar-refractivity contribution in [1.82, 2.24) is 10.2 Å². The topological polar surface area (TPSA) is 32.3 Å². The van der Waals surface area contributed by atoms with Crippen LogP contribution in [0.3, 0.4) is 0 Å². The van der Waals surface area contributed by atoms with Crippen molar-refractivity contribution in [2.45, 2.75) is 31.2 Å². The van der Waals surface area contributed by atoms with Gasteiger partial charge in [-0.2, -0.15) is 0 Å². The molecular weight excluding hydrogens is 399 g/mol. The predicted molar refractivity (Wildman–Crippen MR) is 120 cm³/mol. The van der Waals surface area contributed by atoms with E-state index in [1.165, 1.54) is 12.1 Å². The van der Waals surface area contributed by atoms with Gasteiger partial charge in [-0.3, -0.25) is 4.79 Å². The number of halogens is 2. The maximum Gasteiger partial charge on any atom is 0.223 e. The zero-order valence-electron chi connectivity index (χ0n) is 17.1. The Morgan fingerprint density at radius 3 is 2.53 bits per heavy atom. The van der Waals surface area contributed by atoms with Crippen molar-refractivity contribution >= 4 is 28.3 Å². The largest absolute Gasteiger partial charge is 0.341 e. The number of hydrogen-bond donors (Lipinski definition) is 1. The second kappa shape index (κ2) is 8.75. The molecule has 1 N–H and O–H groups in total. The van der Waals surface area contributed by atoms with Crippen LogP contribution in [0.2, 0.25) is 5.02 Å². The van der Waals surface area contributed by atoms with Gasteiger partial charge >= 0.3 is 0 Å². The summed E-state index contributed by atoms with van der Waals surface area (Å²) in [5.41, 5.74) is 1.82. The SMILES string of the molecule is CN(Cc1cc(Cl)cc2ccccc12)C(=O)CC1(c2ccc(F)cc2)CCNCC1. The standard InChI is InChI=1S/C25H26ClFN2O/c1-29(17-19-15-21(26)14-18-4-2-3-5-23(18)19)24(30)16-25(10-12-28-13-11-25)20-6-8-22(27)9-7-20/h2-9,14-15,28H,10-13,16-17H2,1H3. The number of nitrogens with one attached hydrogen (secondary N) is 1. The van der Waals surface area contributed by atoms with Gasteiger partial charge < -0.3 is 10.2 Å². The quantitative estimate of drug-likeness (QED) is 0.602. The summed E-state index contributed by atoms with van der Waals surface area (Å²) in [7, 11) is 1.84. The lowest BCUT2D eigenvalue weighted by Gasteiger charge is -2.39. The summed E-state index contributed by atoms with van der Waals surface area (Å²) in [6, 6.07) is 18.6. The van der Waals surface area contributed by atoms with Crippen LogP contribution < -0.4 is 5.32 Å². The van der Waals surface area contributed by atoms with Crippen LogP contribution in [0.15, 0.2) is 60.7 Å². The number of nitrogens with zero attached hydrogens (tertiary/aromatic N) is 1. The zero-order chi connectivity index (χ0) is 21.1. The van der Waals surface area contributed by atoms with Crippen molar-refractivity contribution in [3.8, 4) is 0 Å². The van der Waals surface area contributed by atoms with E-state index in [1.807, 2.05) is 49.5 Å². The van der Waals surface area contributed by atoms with Crippen LogP contribution in [-0.4, -0.2) is 30.9 Å². The Labute approximate surface area is 181 Å². The summed E-state index contributed by atoms with van der Waals surface area (Å²) < 4.78 is 13.5. The Morgan fingerprint density at radius 2 is 1.80 bits per heavy atom. The average Bonchev–Trinajstić information content (AvgIpc) is 2.74. The zero-order valence-corrected chi connectivity index (χ0v) is 17.9. The normalized spacial score (nSPS) is 15.8. The van der Waals surface area contributed by atoms with E-state index in [1.54, 1.807) is 4.90 Å². The first-order valence-corrected chi connectivity index (χ1v) is 10.7. The van der Waals surface area contributed by atoms with Gasteiger partial charge in [0.2, 0.25) is 5.91 Å². The molecule has 4 rings (SSSR count). The summed E-state index contributed by atoms with van der Waals surface area (Å²) in [5, 5.41) is 6.23. The van der Waals surface area contributed by atoms with E-state index in [2.05, 4.69) is 11.4 Å². The monoisotopic (exact) mass is 424 g/mol. The number of carbonyl (C=O) groups excluding carboxylic acids is 1. The van der Waals surface area contributed by atoms with Gasteiger partial charge in [0.25, 0.3) is 0 Å². The molecule has 0 aromatic heterocycles. The smallest absolute Gasteiger partial charge is 0.223 e. The highest BCUT2D eigenvalue weighted by Crippen LogP contribution is 2.37. The highest BCUT2D eigenvalue weighted by Gasteiger charge is 2.36. The molecule has 1 aliphatic rings. The molecule has 1 fully saturated rings. The van der Waals surface area contributed by atoms with Crippen molar-refractivity contribution in [3.05, 3.63) is 82.6 Å². The maximum absolute atomic E-state index is 13.5. The third-order valence-electron chi connectivity index (χ3n) is 6.25. The first-order valence-electron chi connectivity index (χ1n) is 10.3. The van der Waals surface area contributed by atoms with Crippen LogP contribution in [-0.2, 0) is 16.8 Å². The third-order valence-corrected chi connectivity index (χ3v) is 6.47. The molecule has 0 saturated carbocycles. The van der Waals surface area contributed by atoms with Crippen LogP contribution in [0.4, 0.5) is 4.39 Å². The van der Waals surface area contributed by atoms with Crippen LogP contribution in [0.5, 0.6) is 0 Å². The number of hydrogen-bond acceptors (Lipinski definition) is 2. The number of benzene rings is 3. The summed E-state index contributed by atoms with van der Waals surface area (Å²) in [5.74, 6) is -0.163. The van der Waals surface area contributed by atoms with Crippen molar-refractivity contribution in [2.24, 2.45) is 0 Å². The average molecular weight is 425 g/mol. The van der Waals surface area contributed by atoms with E-state index in [0.717, 1.165) is 47.8 Å². The molecule has 0 aliphatic carbocycles. The summed E-state index contributed by atoms with van der Waals surface area (Å²) in [6.07, 6.45) is 2.13. The fourth-order valence-corrected chi connectivity index (χ4v) is 4.77. The second-order valence-corrected chi connectivity index (χ2v) is 8.69. The Kier molecular flexibility index (Phi) is 6.07. The minimum Gasteiger partial charge on any atom is -0.341 e. The van der Waals surface area contributed by atoms with Gasteiger partial charge in [-0.15, -0.1) is 0 Å². The van der Waals surface area contributed by atoms with Gasteiger partial charge in [-0.05, 0) is 72.1 Å². The molecule has 0 atom stereocenters. The molecule has 3 aromatic carbocycles. The molecule has 1 saturated heterocycles. The van der Waals surface area contributed by atoms with Crippen molar-refractivity contribution in [3.63, 3.8) is 0 Å². The van der Waals surface area contributed by atoms with Crippen molar-refractivity contribution < 1.29 is 9.18 Å². The van der Waals surface area contributed by atoms with Crippen LogP contribution in [0.25, 0.3) is 10.8 Å². The fraction of sp³-hybridized carbons (Fsp3) is 0.320. The van der Waals surface area contributed by atoms with E-state index in [9.17, 15) is 9.18 Å². The summed E-state index contributed by atoms with van der Waals surface area (Å²) >= 11 is 6.32. The van der Waals surface area contributed by atoms with Gasteiger partial charge in [0.1, 0.15) is 5.82 Å². The third kappa shape index (κ3) is 4.35. The first-order chi connectivity index (χ1) is 14.5. The van der Waals surface area contributed by atoms with Gasteiger partial charge in [0, 0.05) is 30.5 Å². The van der Waals surface area contributed by atoms with E-state index >= 15 is 0 Å². The number of rotatable bonds is 5. The number of amides is 1. The van der Waals surface area contributed by atoms with Crippen LogP contribution in [0, 0.1) is 5.82 Å². The van der Waals surface area contributed by atoms with Gasteiger partial charge in [0.15, 0.2) is 0 Å². The molecule has 0 unspecified atom stereocenters. The van der Waals surface area contributed by atoms with Crippen LogP contribution >= 0.6 is 11.6 Å².